The Bertz CT molecular complexity index is 97.4. The second-order valence-electron chi connectivity index (χ2n) is 3.44. The van der Waals surface area contributed by atoms with Gasteiger partial charge in [0.05, 0.1) is 0 Å². The molecule has 0 bridgehead atoms. The molecular formula is C8H18N2. The van der Waals surface area contributed by atoms with Crippen molar-refractivity contribution in [3.8, 4) is 0 Å². The van der Waals surface area contributed by atoms with Crippen LogP contribution in [0.15, 0.2) is 0 Å². The second kappa shape index (κ2) is 3.35. The van der Waals surface area contributed by atoms with Gasteiger partial charge in [-0.3, -0.25) is 0 Å². The molecule has 1 fully saturated rings. The fraction of sp³-hybridized carbons (Fsp3) is 1.00. The molecule has 0 aromatic heterocycles. The Morgan fingerprint density at radius 3 is 2.50 bits per heavy atom. The molecule has 1 heterocycles. The number of hydrogen-bond donors (Lipinski definition) is 0. The van der Waals surface area contributed by atoms with Crippen LogP contribution in [-0.4, -0.2) is 50.1 Å². The van der Waals surface area contributed by atoms with Gasteiger partial charge in [-0.2, -0.15) is 0 Å². The maximum absolute atomic E-state index is 2.39. The van der Waals surface area contributed by atoms with Crippen LogP contribution in [0.5, 0.6) is 0 Å². The van der Waals surface area contributed by atoms with Crippen LogP contribution in [0.4, 0.5) is 0 Å². The predicted octanol–water partition coefficient (Wildman–Crippen LogP) is 0.500. The highest BCUT2D eigenvalue weighted by molar-refractivity contribution is 4.78. The lowest BCUT2D eigenvalue weighted by molar-refractivity contribution is 0.102. The minimum absolute atomic E-state index is 0.940. The summed E-state index contributed by atoms with van der Waals surface area (Å²) >= 11 is 0. The Labute approximate surface area is 63.8 Å². The third kappa shape index (κ3) is 1.96. The van der Waals surface area contributed by atoms with Gasteiger partial charge in [0.1, 0.15) is 0 Å². The van der Waals surface area contributed by atoms with Gasteiger partial charge in [0.25, 0.3) is 0 Å². The fourth-order valence-electron chi connectivity index (χ4n) is 1.51. The van der Waals surface area contributed by atoms with Crippen molar-refractivity contribution >= 4 is 0 Å². The van der Waals surface area contributed by atoms with E-state index in [0.29, 0.717) is 0 Å². The molecule has 10 heavy (non-hydrogen) atoms. The second-order valence-corrected chi connectivity index (χ2v) is 3.44. The van der Waals surface area contributed by atoms with Crippen molar-refractivity contribution in [2.24, 2.45) is 5.92 Å². The Morgan fingerprint density at radius 2 is 2.10 bits per heavy atom. The summed E-state index contributed by atoms with van der Waals surface area (Å²) in [5.74, 6) is 0.940. The summed E-state index contributed by atoms with van der Waals surface area (Å²) in [6, 6.07) is 0. The third-order valence-electron chi connectivity index (χ3n) is 2.25. The lowest BCUT2D eigenvalue weighted by atomic mass is 10.0. The molecule has 2 nitrogen and oxygen atoms in total. The summed E-state index contributed by atoms with van der Waals surface area (Å²) < 4.78 is 0. The third-order valence-corrected chi connectivity index (χ3v) is 2.25. The normalized spacial score (nSPS) is 21.6. The van der Waals surface area contributed by atoms with Gasteiger partial charge in [-0.15, -0.1) is 0 Å². The van der Waals surface area contributed by atoms with Gasteiger partial charge in [-0.25, -0.2) is 0 Å². The predicted molar refractivity (Wildman–Crippen MR) is 44.2 cm³/mol. The van der Waals surface area contributed by atoms with Crippen molar-refractivity contribution in [1.82, 2.24) is 9.80 Å². The largest absolute Gasteiger partial charge is 0.306 e. The van der Waals surface area contributed by atoms with Crippen molar-refractivity contribution < 1.29 is 0 Å². The molecule has 0 aliphatic carbocycles. The molecule has 60 valence electrons. The monoisotopic (exact) mass is 142 g/mol. The lowest BCUT2D eigenvalue weighted by Gasteiger charge is -2.38. The van der Waals surface area contributed by atoms with Gasteiger partial charge in [0, 0.05) is 19.6 Å². The van der Waals surface area contributed by atoms with E-state index in [-0.39, 0.29) is 0 Å². The summed E-state index contributed by atoms with van der Waals surface area (Å²) in [5.41, 5.74) is 0. The molecule has 0 amide bonds. The topological polar surface area (TPSA) is 6.48 Å². The van der Waals surface area contributed by atoms with E-state index in [4.69, 9.17) is 0 Å². The summed E-state index contributed by atoms with van der Waals surface area (Å²) in [4.78, 5) is 4.76. The van der Waals surface area contributed by atoms with Gasteiger partial charge >= 0.3 is 0 Å². The Morgan fingerprint density at radius 1 is 1.50 bits per heavy atom. The van der Waals surface area contributed by atoms with E-state index in [1.807, 2.05) is 0 Å². The quantitative estimate of drug-likeness (QED) is 0.566. The van der Waals surface area contributed by atoms with Crippen LogP contribution in [0.2, 0.25) is 0 Å². The van der Waals surface area contributed by atoms with E-state index in [1.54, 1.807) is 0 Å². The minimum Gasteiger partial charge on any atom is -0.306 e. The minimum atomic E-state index is 0.940. The molecule has 0 unspecified atom stereocenters. The molecule has 0 aromatic rings. The van der Waals surface area contributed by atoms with E-state index in [1.165, 1.54) is 26.2 Å². The van der Waals surface area contributed by atoms with Crippen LogP contribution < -0.4 is 0 Å². The highest BCUT2D eigenvalue weighted by Gasteiger charge is 2.23. The van der Waals surface area contributed by atoms with Gasteiger partial charge in [-0.1, -0.05) is 6.92 Å². The van der Waals surface area contributed by atoms with E-state index < -0.39 is 0 Å². The van der Waals surface area contributed by atoms with Crippen molar-refractivity contribution in [1.29, 1.82) is 0 Å². The molecule has 1 rings (SSSR count). The van der Waals surface area contributed by atoms with Crippen LogP contribution in [0.3, 0.4) is 0 Å². The van der Waals surface area contributed by atoms with E-state index in [0.717, 1.165) is 5.92 Å². The standard InChI is InChI=1S/C8H18N2/c1-4-9(2)5-8-6-10(3)7-8/h8H,4-7H2,1-3H3. The molecule has 0 atom stereocenters. The van der Waals surface area contributed by atoms with Crippen LogP contribution >= 0.6 is 0 Å². The molecule has 0 N–H and O–H groups in total. The van der Waals surface area contributed by atoms with E-state index in [2.05, 4.69) is 30.8 Å². The summed E-state index contributed by atoms with van der Waals surface area (Å²) in [7, 11) is 4.38. The van der Waals surface area contributed by atoms with Crippen LogP contribution in [-0.2, 0) is 0 Å². The lowest BCUT2D eigenvalue weighted by Crippen LogP contribution is -2.48. The maximum Gasteiger partial charge on any atom is 0.00312 e. The van der Waals surface area contributed by atoms with Crippen molar-refractivity contribution in [2.45, 2.75) is 6.92 Å². The molecule has 1 saturated heterocycles. The molecule has 0 spiro atoms. The molecule has 0 radical (unpaired) electrons. The van der Waals surface area contributed by atoms with Crippen molar-refractivity contribution in [2.75, 3.05) is 40.3 Å². The first-order valence-electron chi connectivity index (χ1n) is 4.09. The molecule has 1 aliphatic rings. The fourth-order valence-corrected chi connectivity index (χ4v) is 1.51. The van der Waals surface area contributed by atoms with Crippen LogP contribution in [0, 0.1) is 5.92 Å². The van der Waals surface area contributed by atoms with E-state index in [9.17, 15) is 0 Å². The Hall–Kier alpha value is -0.0800. The Balaban J connectivity index is 2.04. The van der Waals surface area contributed by atoms with Crippen LogP contribution in [0.25, 0.3) is 0 Å². The van der Waals surface area contributed by atoms with E-state index >= 15 is 0 Å². The number of nitrogens with zero attached hydrogens (tertiary/aromatic N) is 2. The molecule has 0 aromatic carbocycles. The SMILES string of the molecule is CCN(C)CC1CN(C)C1. The molecular weight excluding hydrogens is 124 g/mol. The number of rotatable bonds is 3. The van der Waals surface area contributed by atoms with Gasteiger partial charge < -0.3 is 9.80 Å². The van der Waals surface area contributed by atoms with Gasteiger partial charge in [0.2, 0.25) is 0 Å². The summed E-state index contributed by atoms with van der Waals surface area (Å²) in [6.07, 6.45) is 0. The van der Waals surface area contributed by atoms with Crippen LogP contribution in [0.1, 0.15) is 6.92 Å². The zero-order valence-electron chi connectivity index (χ0n) is 7.30. The molecule has 1 aliphatic heterocycles. The Kier molecular flexibility index (Phi) is 2.69. The first kappa shape index (κ1) is 8.02. The summed E-state index contributed by atoms with van der Waals surface area (Å²) in [6.45, 7) is 7.26. The first-order valence-corrected chi connectivity index (χ1v) is 4.09. The van der Waals surface area contributed by atoms with Crippen molar-refractivity contribution in [3.05, 3.63) is 0 Å². The zero-order valence-corrected chi connectivity index (χ0v) is 7.30. The highest BCUT2D eigenvalue weighted by Crippen LogP contribution is 2.12. The van der Waals surface area contributed by atoms with Gasteiger partial charge in [-0.05, 0) is 26.6 Å². The number of hydrogen-bond acceptors (Lipinski definition) is 2. The molecule has 2 heteroatoms. The molecule has 0 saturated carbocycles. The first-order chi connectivity index (χ1) is 4.72. The number of likely N-dealkylation sites (tertiary alicyclic amines) is 1. The maximum atomic E-state index is 2.39. The average molecular weight is 142 g/mol. The van der Waals surface area contributed by atoms with Gasteiger partial charge in [0.15, 0.2) is 0 Å². The highest BCUT2D eigenvalue weighted by atomic mass is 15.2. The smallest absolute Gasteiger partial charge is 0.00312 e. The average Bonchev–Trinajstić information content (AvgIpc) is 1.84. The summed E-state index contributed by atoms with van der Waals surface area (Å²) in [5, 5.41) is 0. The zero-order chi connectivity index (χ0) is 7.56. The van der Waals surface area contributed by atoms with Crippen molar-refractivity contribution in [3.63, 3.8) is 0 Å².